The zero-order chi connectivity index (χ0) is 24.2. The molecule has 9 heteroatoms. The molecule has 5 aromatic rings. The molecular weight excluding hydrogens is 543 g/mol. The first-order valence-electron chi connectivity index (χ1n) is 10.9. The number of aromatic nitrogens is 6. The average molecular weight is 559 g/mol. The monoisotopic (exact) mass is 558 g/mol. The summed E-state index contributed by atoms with van der Waals surface area (Å²) in [5, 5.41) is 9.83. The van der Waals surface area contributed by atoms with Crippen LogP contribution < -0.4 is 0 Å². The summed E-state index contributed by atoms with van der Waals surface area (Å²) in [4.78, 5) is 22.5. The molecule has 8 bridgehead atoms. The van der Waals surface area contributed by atoms with Crippen LogP contribution in [0.3, 0.4) is 0 Å². The molecule has 5 heterocycles. The molecule has 0 saturated carbocycles. The predicted molar refractivity (Wildman–Crippen MR) is 128 cm³/mol. The van der Waals surface area contributed by atoms with Crippen molar-refractivity contribution in [3.05, 3.63) is 102 Å². The summed E-state index contributed by atoms with van der Waals surface area (Å²) in [7, 11) is 0. The minimum Gasteiger partial charge on any atom is -0.396 e. The van der Waals surface area contributed by atoms with Gasteiger partial charge in [0.2, 0.25) is 0 Å². The van der Waals surface area contributed by atoms with Gasteiger partial charge >= 0.3 is 26.4 Å². The van der Waals surface area contributed by atoms with Gasteiger partial charge in [-0.05, 0) is 43.9 Å². The second kappa shape index (κ2) is 8.66. The number of nitrogens with zero attached hydrogens (tertiary/aromatic N) is 8. The molecule has 6 rings (SSSR count). The van der Waals surface area contributed by atoms with Gasteiger partial charge in [-0.3, -0.25) is 19.5 Å². The number of imidazole rings is 2. The molecule has 0 aliphatic carbocycles. The van der Waals surface area contributed by atoms with E-state index in [1.54, 1.807) is 9.13 Å². The second-order valence-electron chi connectivity index (χ2n) is 8.60. The van der Waals surface area contributed by atoms with Crippen molar-refractivity contribution < 1.29 is 20.4 Å². The van der Waals surface area contributed by atoms with E-state index in [2.05, 4.69) is 33.3 Å². The minimum atomic E-state index is -0.576. The van der Waals surface area contributed by atoms with Gasteiger partial charge in [0.25, 0.3) is 0 Å². The van der Waals surface area contributed by atoms with Crippen LogP contribution in [-0.4, -0.2) is 29.1 Å². The molecule has 36 heavy (non-hydrogen) atoms. The molecule has 4 aromatic heterocycles. The Bertz CT molecular complexity index is 1590. The van der Waals surface area contributed by atoms with Gasteiger partial charge in [-0.25, -0.2) is 5.26 Å². The van der Waals surface area contributed by atoms with E-state index in [0.717, 1.165) is 17.0 Å². The van der Waals surface area contributed by atoms with Crippen LogP contribution in [0, 0.1) is 30.3 Å². The summed E-state index contributed by atoms with van der Waals surface area (Å²) in [5.41, 5.74) is 3.35. The van der Waals surface area contributed by atoms with Gasteiger partial charge in [0.05, 0.1) is 23.8 Å². The largest absolute Gasteiger partial charge is 2.00 e. The van der Waals surface area contributed by atoms with Crippen LogP contribution in [0.25, 0.3) is 39.0 Å². The van der Waals surface area contributed by atoms with Crippen molar-refractivity contribution in [1.82, 2.24) is 29.1 Å². The first-order valence-corrected chi connectivity index (χ1v) is 10.9. The Morgan fingerprint density at radius 1 is 0.806 bits per heavy atom. The Morgan fingerprint density at radius 3 is 1.94 bits per heavy atom. The fourth-order valence-electron chi connectivity index (χ4n) is 4.21. The van der Waals surface area contributed by atoms with E-state index in [-0.39, 0.29) is 32.2 Å². The molecule has 0 N–H and O–H groups in total. The summed E-state index contributed by atoms with van der Waals surface area (Å²) < 4.78 is 3.15. The molecule has 0 unspecified atom stereocenters. The van der Waals surface area contributed by atoms with Gasteiger partial charge < -0.3 is 9.41 Å². The van der Waals surface area contributed by atoms with Gasteiger partial charge in [-0.1, -0.05) is 35.9 Å². The Balaban J connectivity index is 0.00000267. The Hall–Kier alpha value is -4.42. The van der Waals surface area contributed by atoms with E-state index >= 15 is 0 Å². The molecule has 0 amide bonds. The summed E-state index contributed by atoms with van der Waals surface area (Å²) in [6, 6.07) is 21.0. The van der Waals surface area contributed by atoms with Crippen molar-refractivity contribution in [3.63, 3.8) is 0 Å². The van der Waals surface area contributed by atoms with Gasteiger partial charge in [0.1, 0.15) is 11.6 Å². The number of benzene rings is 1. The van der Waals surface area contributed by atoms with Crippen molar-refractivity contribution >= 4 is 5.95 Å². The van der Waals surface area contributed by atoms with Gasteiger partial charge in [0, 0.05) is 16.8 Å². The summed E-state index contributed by atoms with van der Waals surface area (Å²) in [6.07, 6.45) is 6.46. The first kappa shape index (κ1) is 23.3. The topological polar surface area (TPSA) is 89.6 Å². The summed E-state index contributed by atoms with van der Waals surface area (Å²) in [5.74, 6) is 1.40. The summed E-state index contributed by atoms with van der Waals surface area (Å²) >= 11 is 0. The molecule has 1 aliphatic rings. The maximum atomic E-state index is 9.83. The standard InChI is InChI=1S/C27H16N8.Pd/c1-27(2)21-10-6-12-23(32-21)34-15-19(30-25(34)14-28)17-8-4-5-9-18(17)20-16-35(26(29-3)31-20)24-13-7-11-22(27)33-24;/h4-13H,1-2H3;/q-2;+2. The maximum Gasteiger partial charge on any atom is 2.00 e. The number of hydrogen-bond acceptors (Lipinski definition) is 5. The van der Waals surface area contributed by atoms with Crippen molar-refractivity contribution in [2.45, 2.75) is 19.3 Å². The SMILES string of the molecule is [C-]#[N+]c1nc2[c-]n1-c1cccc(n1)C(C)(C)c1cccc(n1)-n1[c-]c(nc1C#N)-c1ccccc1-2.[Pd+2]. The van der Waals surface area contributed by atoms with E-state index in [0.29, 0.717) is 28.6 Å². The fraction of sp³-hybridized carbons (Fsp3) is 0.111. The van der Waals surface area contributed by atoms with Gasteiger partial charge in [-0.2, -0.15) is 0 Å². The van der Waals surface area contributed by atoms with E-state index in [1.165, 1.54) is 0 Å². The quantitative estimate of drug-likeness (QED) is 0.200. The molecule has 1 aromatic carbocycles. The second-order valence-corrected chi connectivity index (χ2v) is 8.60. The molecule has 0 spiro atoms. The van der Waals surface area contributed by atoms with E-state index < -0.39 is 5.41 Å². The molecule has 0 radical (unpaired) electrons. The Labute approximate surface area is 221 Å². The third-order valence-corrected chi connectivity index (χ3v) is 6.12. The molecule has 0 atom stereocenters. The van der Waals surface area contributed by atoms with Crippen LogP contribution >= 0.6 is 0 Å². The number of nitriles is 1. The molecule has 0 fully saturated rings. The molecule has 1 aliphatic heterocycles. The van der Waals surface area contributed by atoms with Gasteiger partial charge in [0.15, 0.2) is 0 Å². The Morgan fingerprint density at radius 2 is 1.36 bits per heavy atom. The van der Waals surface area contributed by atoms with E-state index in [9.17, 15) is 5.26 Å². The fourth-order valence-corrected chi connectivity index (χ4v) is 4.21. The molecular formula is C27H16N8Pd. The van der Waals surface area contributed by atoms with Gasteiger partial charge in [-0.15, -0.1) is 29.3 Å². The first-order chi connectivity index (χ1) is 17.0. The van der Waals surface area contributed by atoms with Crippen LogP contribution in [0.2, 0.25) is 0 Å². The van der Waals surface area contributed by atoms with Crippen molar-refractivity contribution in [2.75, 3.05) is 0 Å². The van der Waals surface area contributed by atoms with Crippen LogP contribution in [-0.2, 0) is 25.8 Å². The predicted octanol–water partition coefficient (Wildman–Crippen LogP) is 4.84. The zero-order valence-corrected chi connectivity index (χ0v) is 20.7. The normalized spacial score (nSPS) is 12.7. The third kappa shape index (κ3) is 3.54. The minimum absolute atomic E-state index is 0. The zero-order valence-electron chi connectivity index (χ0n) is 19.2. The van der Waals surface area contributed by atoms with E-state index in [1.807, 2.05) is 74.5 Å². The third-order valence-electron chi connectivity index (χ3n) is 6.12. The average Bonchev–Trinajstić information content (AvgIpc) is 3.53. The number of fused-ring (bicyclic) bond motifs is 13. The van der Waals surface area contributed by atoms with Crippen LogP contribution in [0.1, 0.15) is 31.1 Å². The van der Waals surface area contributed by atoms with Crippen LogP contribution in [0.4, 0.5) is 5.95 Å². The van der Waals surface area contributed by atoms with Crippen molar-refractivity contribution in [2.24, 2.45) is 0 Å². The van der Waals surface area contributed by atoms with Crippen LogP contribution in [0.15, 0.2) is 60.7 Å². The number of pyridine rings is 2. The number of rotatable bonds is 0. The summed E-state index contributed by atoms with van der Waals surface area (Å²) in [6.45, 7) is 11.8. The molecule has 0 saturated heterocycles. The Kier molecular flexibility index (Phi) is 5.61. The number of hydrogen-bond donors (Lipinski definition) is 0. The van der Waals surface area contributed by atoms with E-state index in [4.69, 9.17) is 16.5 Å². The van der Waals surface area contributed by atoms with Crippen LogP contribution in [0.5, 0.6) is 0 Å². The smallest absolute Gasteiger partial charge is 0.396 e. The van der Waals surface area contributed by atoms with Crippen molar-refractivity contribution in [1.29, 1.82) is 5.26 Å². The molecule has 174 valence electrons. The molecule has 8 nitrogen and oxygen atoms in total. The van der Waals surface area contributed by atoms with Crippen molar-refractivity contribution in [3.8, 4) is 40.2 Å². The maximum absolute atomic E-state index is 9.83.